The topological polar surface area (TPSA) is 72.7 Å². The van der Waals surface area contributed by atoms with E-state index in [2.05, 4.69) is 4.98 Å². The smallest absolute Gasteiger partial charge is 0.377 e. The van der Waals surface area contributed by atoms with Crippen LogP contribution >= 0.6 is 0 Å². The minimum atomic E-state index is -3.99. The molecule has 0 heterocycles. The highest BCUT2D eigenvalue weighted by Crippen LogP contribution is 2.22. The Bertz CT molecular complexity index is 131. The third kappa shape index (κ3) is 4.17. The maximum atomic E-state index is 8.69. The van der Waals surface area contributed by atoms with Gasteiger partial charge >= 0.3 is 8.97 Å². The zero-order chi connectivity index (χ0) is 9.03. The van der Waals surface area contributed by atoms with E-state index in [0.717, 1.165) is 12.8 Å². The molecule has 1 aliphatic carbocycles. The van der Waals surface area contributed by atoms with Crippen molar-refractivity contribution in [1.82, 2.24) is 4.98 Å². The summed E-state index contributed by atoms with van der Waals surface area (Å²) in [5.74, 6) is 0.511. The zero-order valence-corrected chi connectivity index (χ0v) is 8.16. The van der Waals surface area contributed by atoms with Gasteiger partial charge in [-0.25, -0.2) is 0 Å². The molecule has 0 spiro atoms. The molecule has 1 fully saturated rings. The minimum Gasteiger partial charge on any atom is -0.377 e. The van der Waals surface area contributed by atoms with E-state index >= 15 is 0 Å². The van der Waals surface area contributed by atoms with Gasteiger partial charge < -0.3 is 14.4 Å². The summed E-state index contributed by atoms with van der Waals surface area (Å²) in [5.41, 5.74) is 0. The van der Waals surface area contributed by atoms with E-state index in [4.69, 9.17) is 14.4 Å². The Labute approximate surface area is 73.7 Å². The first-order chi connectivity index (χ1) is 5.58. The van der Waals surface area contributed by atoms with Gasteiger partial charge in [0.15, 0.2) is 0 Å². The van der Waals surface area contributed by atoms with E-state index in [1.165, 1.54) is 19.3 Å². The molecule has 0 atom stereocenters. The predicted molar refractivity (Wildman–Crippen MR) is 47.0 cm³/mol. The normalized spacial score (nSPS) is 21.2. The Morgan fingerprint density at radius 1 is 1.08 bits per heavy atom. The molecule has 0 aromatic carbocycles. The molecule has 4 nitrogen and oxygen atoms in total. The predicted octanol–water partition coefficient (Wildman–Crippen LogP) is -0.431. The van der Waals surface area contributed by atoms with Crippen LogP contribution in [0, 0.1) is 5.92 Å². The molecular weight excluding hydrogens is 174 g/mol. The number of rotatable bonds is 3. The van der Waals surface area contributed by atoms with Crippen LogP contribution in [0.3, 0.4) is 0 Å². The molecular formula is C7H17NO3Si. The van der Waals surface area contributed by atoms with Crippen LogP contribution in [-0.2, 0) is 0 Å². The third-order valence-electron chi connectivity index (χ3n) is 2.35. The standard InChI is InChI=1S/C7H17NO3Si/c9-12(10,11)8-6-7-4-2-1-3-5-7/h7-11H,1-6H2. The van der Waals surface area contributed by atoms with Gasteiger partial charge in [0.2, 0.25) is 0 Å². The molecule has 5 heteroatoms. The van der Waals surface area contributed by atoms with Gasteiger partial charge in [0.05, 0.1) is 0 Å². The van der Waals surface area contributed by atoms with Gasteiger partial charge in [-0.1, -0.05) is 19.3 Å². The summed E-state index contributed by atoms with van der Waals surface area (Å²) < 4.78 is 0. The molecule has 0 radical (unpaired) electrons. The van der Waals surface area contributed by atoms with Crippen molar-refractivity contribution in [3.8, 4) is 0 Å². The molecule has 72 valence electrons. The van der Waals surface area contributed by atoms with Crippen molar-refractivity contribution in [1.29, 1.82) is 0 Å². The van der Waals surface area contributed by atoms with Crippen LogP contribution in [0.15, 0.2) is 0 Å². The summed E-state index contributed by atoms with van der Waals surface area (Å²) in [6, 6.07) is 0. The summed E-state index contributed by atoms with van der Waals surface area (Å²) in [6.45, 7) is 0.537. The highest BCUT2D eigenvalue weighted by atomic mass is 28.4. The number of nitrogens with one attached hydrogen (secondary N) is 1. The SMILES string of the molecule is O[Si](O)(O)NCC1CCCCC1. The van der Waals surface area contributed by atoms with Gasteiger partial charge in [0.1, 0.15) is 0 Å². The van der Waals surface area contributed by atoms with Crippen LogP contribution in [0.4, 0.5) is 0 Å². The molecule has 0 saturated heterocycles. The highest BCUT2D eigenvalue weighted by Gasteiger charge is 2.28. The molecule has 1 rings (SSSR count). The van der Waals surface area contributed by atoms with Crippen LogP contribution in [0.2, 0.25) is 0 Å². The number of hydrogen-bond donors (Lipinski definition) is 4. The molecule has 0 amide bonds. The van der Waals surface area contributed by atoms with Gasteiger partial charge in [0.25, 0.3) is 0 Å². The van der Waals surface area contributed by atoms with E-state index in [-0.39, 0.29) is 0 Å². The van der Waals surface area contributed by atoms with E-state index in [9.17, 15) is 0 Å². The van der Waals surface area contributed by atoms with Crippen LogP contribution in [0.25, 0.3) is 0 Å². The van der Waals surface area contributed by atoms with Crippen molar-refractivity contribution in [2.24, 2.45) is 5.92 Å². The van der Waals surface area contributed by atoms with Gasteiger partial charge in [-0.3, -0.25) is 4.98 Å². The average molecular weight is 191 g/mol. The molecule has 1 aliphatic rings. The van der Waals surface area contributed by atoms with Gasteiger partial charge in [-0.15, -0.1) is 0 Å². The van der Waals surface area contributed by atoms with Crippen LogP contribution in [-0.4, -0.2) is 29.9 Å². The lowest BCUT2D eigenvalue weighted by Gasteiger charge is -2.23. The summed E-state index contributed by atoms with van der Waals surface area (Å²) in [7, 11) is -3.99. The fourth-order valence-electron chi connectivity index (χ4n) is 1.67. The van der Waals surface area contributed by atoms with Crippen LogP contribution in [0.1, 0.15) is 32.1 Å². The quantitative estimate of drug-likeness (QED) is 0.457. The van der Waals surface area contributed by atoms with Gasteiger partial charge in [-0.05, 0) is 25.3 Å². The first-order valence-corrected chi connectivity index (χ1v) is 6.34. The van der Waals surface area contributed by atoms with Gasteiger partial charge in [-0.2, -0.15) is 0 Å². The summed E-state index contributed by atoms with van der Waals surface area (Å²) >= 11 is 0. The average Bonchev–Trinajstić information content (AvgIpc) is 2.02. The monoisotopic (exact) mass is 191 g/mol. The summed E-state index contributed by atoms with van der Waals surface area (Å²) in [4.78, 5) is 28.5. The maximum absolute atomic E-state index is 8.69. The summed E-state index contributed by atoms with van der Waals surface area (Å²) in [6.07, 6.45) is 6.01. The first-order valence-electron chi connectivity index (χ1n) is 4.50. The zero-order valence-electron chi connectivity index (χ0n) is 7.16. The Balaban J connectivity index is 2.13. The van der Waals surface area contributed by atoms with E-state index in [1.807, 2.05) is 0 Å². The van der Waals surface area contributed by atoms with Crippen molar-refractivity contribution in [2.75, 3.05) is 6.54 Å². The number of hydrogen-bond acceptors (Lipinski definition) is 4. The maximum Gasteiger partial charge on any atom is 0.588 e. The molecule has 0 aromatic heterocycles. The van der Waals surface area contributed by atoms with Crippen LogP contribution in [0.5, 0.6) is 0 Å². The molecule has 0 bridgehead atoms. The molecule has 0 aromatic rings. The second-order valence-electron chi connectivity index (χ2n) is 3.52. The lowest BCUT2D eigenvalue weighted by Crippen LogP contribution is -2.53. The van der Waals surface area contributed by atoms with Crippen molar-refractivity contribution in [3.63, 3.8) is 0 Å². The molecule has 0 aliphatic heterocycles. The lowest BCUT2D eigenvalue weighted by atomic mass is 9.90. The third-order valence-corrected chi connectivity index (χ3v) is 3.03. The largest absolute Gasteiger partial charge is 0.588 e. The van der Waals surface area contributed by atoms with Crippen molar-refractivity contribution >= 4 is 8.97 Å². The second-order valence-corrected chi connectivity index (χ2v) is 5.14. The molecule has 12 heavy (non-hydrogen) atoms. The van der Waals surface area contributed by atoms with Crippen LogP contribution < -0.4 is 4.98 Å². The Hall–Kier alpha value is 0.0569. The Morgan fingerprint density at radius 2 is 1.67 bits per heavy atom. The van der Waals surface area contributed by atoms with E-state index in [0.29, 0.717) is 12.5 Å². The van der Waals surface area contributed by atoms with Crippen molar-refractivity contribution < 1.29 is 14.4 Å². The summed E-state index contributed by atoms with van der Waals surface area (Å²) in [5, 5.41) is 0. The Kier molecular flexibility index (Phi) is 3.67. The van der Waals surface area contributed by atoms with Crippen molar-refractivity contribution in [3.05, 3.63) is 0 Å². The molecule has 1 saturated carbocycles. The Morgan fingerprint density at radius 3 is 2.17 bits per heavy atom. The lowest BCUT2D eigenvalue weighted by molar-refractivity contribution is 0.201. The van der Waals surface area contributed by atoms with Gasteiger partial charge in [0, 0.05) is 0 Å². The van der Waals surface area contributed by atoms with E-state index in [1.54, 1.807) is 0 Å². The molecule has 4 N–H and O–H groups in total. The van der Waals surface area contributed by atoms with E-state index < -0.39 is 8.97 Å². The molecule has 0 unspecified atom stereocenters. The first kappa shape index (κ1) is 10.1. The highest BCUT2D eigenvalue weighted by molar-refractivity contribution is 6.53. The second kappa shape index (κ2) is 4.34. The minimum absolute atomic E-state index is 0.511. The fraction of sp³-hybridized carbons (Fsp3) is 1.00. The fourth-order valence-corrected chi connectivity index (χ4v) is 2.24. The van der Waals surface area contributed by atoms with Crippen molar-refractivity contribution in [2.45, 2.75) is 32.1 Å².